The van der Waals surface area contributed by atoms with E-state index in [0.717, 1.165) is 48.5 Å². The van der Waals surface area contributed by atoms with Crippen molar-refractivity contribution in [3.05, 3.63) is 11.4 Å². The lowest BCUT2D eigenvalue weighted by atomic mass is 10.1. The molecule has 19 heavy (non-hydrogen) atoms. The van der Waals surface area contributed by atoms with E-state index in [-0.39, 0.29) is 0 Å². The number of rotatable bonds is 6. The average Bonchev–Trinajstić information content (AvgIpc) is 2.93. The van der Waals surface area contributed by atoms with Gasteiger partial charge in [-0.05, 0) is 37.7 Å². The molecule has 2 heterocycles. The Hall–Kier alpha value is -0.970. The monoisotopic (exact) mass is 280 g/mol. The van der Waals surface area contributed by atoms with Crippen molar-refractivity contribution < 1.29 is 0 Å². The Morgan fingerprint density at radius 2 is 1.95 bits per heavy atom. The van der Waals surface area contributed by atoms with Gasteiger partial charge in [-0.1, -0.05) is 6.92 Å². The van der Waals surface area contributed by atoms with Crippen molar-refractivity contribution in [2.75, 3.05) is 35.2 Å². The first-order chi connectivity index (χ1) is 9.24. The van der Waals surface area contributed by atoms with Crippen LogP contribution in [0.1, 0.15) is 31.7 Å². The lowest BCUT2D eigenvalue weighted by molar-refractivity contribution is 0.629. The summed E-state index contributed by atoms with van der Waals surface area (Å²) in [5.74, 6) is 6.24. The first-order valence-corrected chi connectivity index (χ1v) is 8.33. The van der Waals surface area contributed by atoms with Crippen LogP contribution in [0.4, 0.5) is 11.6 Å². The van der Waals surface area contributed by atoms with Crippen LogP contribution in [0.5, 0.6) is 0 Å². The maximum Gasteiger partial charge on any atom is 0.134 e. The summed E-state index contributed by atoms with van der Waals surface area (Å²) < 4.78 is 0. The molecule has 106 valence electrons. The average molecular weight is 280 g/mol. The van der Waals surface area contributed by atoms with Gasteiger partial charge in [-0.15, -0.1) is 0 Å². The van der Waals surface area contributed by atoms with Crippen LogP contribution in [0.3, 0.4) is 0 Å². The fraction of sp³-hybridized carbons (Fsp3) is 0.714. The number of anilines is 2. The molecule has 1 aliphatic heterocycles. The van der Waals surface area contributed by atoms with E-state index in [2.05, 4.69) is 53.1 Å². The van der Waals surface area contributed by atoms with E-state index in [1.54, 1.807) is 0 Å². The van der Waals surface area contributed by atoms with E-state index in [0.29, 0.717) is 0 Å². The molecular formula is C14H24N4S. The molecule has 5 heteroatoms. The van der Waals surface area contributed by atoms with Crippen LogP contribution in [-0.4, -0.2) is 34.6 Å². The van der Waals surface area contributed by atoms with Crippen molar-refractivity contribution in [2.24, 2.45) is 5.92 Å². The molecule has 2 rings (SSSR count). The van der Waals surface area contributed by atoms with Crippen LogP contribution >= 0.6 is 11.8 Å². The standard InChI is InChI=1S/C14H24N4S/c1-4-12-17-13(15-5-2)10(3)14(18-12)16-8-11-6-7-19-9-11/h11H,4-9H2,1-3H3,(H2,15,16,17,18). The highest BCUT2D eigenvalue weighted by molar-refractivity contribution is 7.99. The summed E-state index contributed by atoms with van der Waals surface area (Å²) in [5.41, 5.74) is 1.13. The minimum Gasteiger partial charge on any atom is -0.370 e. The van der Waals surface area contributed by atoms with Gasteiger partial charge in [0.2, 0.25) is 0 Å². The summed E-state index contributed by atoms with van der Waals surface area (Å²) >= 11 is 2.06. The second-order valence-electron chi connectivity index (χ2n) is 4.96. The molecule has 0 amide bonds. The van der Waals surface area contributed by atoms with Crippen LogP contribution < -0.4 is 10.6 Å². The fourth-order valence-electron chi connectivity index (χ4n) is 2.22. The second kappa shape index (κ2) is 6.98. The summed E-state index contributed by atoms with van der Waals surface area (Å²) in [6, 6.07) is 0. The Kier molecular flexibility index (Phi) is 5.31. The summed E-state index contributed by atoms with van der Waals surface area (Å²) in [4.78, 5) is 9.18. The van der Waals surface area contributed by atoms with Gasteiger partial charge in [0.15, 0.2) is 0 Å². The zero-order valence-electron chi connectivity index (χ0n) is 12.1. The molecule has 1 aromatic rings. The van der Waals surface area contributed by atoms with Gasteiger partial charge in [-0.2, -0.15) is 11.8 Å². The summed E-state index contributed by atoms with van der Waals surface area (Å²) in [6.07, 6.45) is 2.19. The molecule has 4 nitrogen and oxygen atoms in total. The van der Waals surface area contributed by atoms with E-state index in [9.17, 15) is 0 Å². The van der Waals surface area contributed by atoms with Crippen molar-refractivity contribution in [3.63, 3.8) is 0 Å². The fourth-order valence-corrected chi connectivity index (χ4v) is 3.50. The third-order valence-electron chi connectivity index (χ3n) is 3.43. The lowest BCUT2D eigenvalue weighted by Crippen LogP contribution is -2.17. The molecule has 0 aromatic carbocycles. The van der Waals surface area contributed by atoms with Crippen molar-refractivity contribution in [1.29, 1.82) is 0 Å². The Morgan fingerprint density at radius 3 is 2.53 bits per heavy atom. The van der Waals surface area contributed by atoms with E-state index < -0.39 is 0 Å². The van der Waals surface area contributed by atoms with Crippen LogP contribution in [0.2, 0.25) is 0 Å². The summed E-state index contributed by atoms with van der Waals surface area (Å²) in [7, 11) is 0. The molecule has 1 fully saturated rings. The van der Waals surface area contributed by atoms with E-state index in [4.69, 9.17) is 0 Å². The second-order valence-corrected chi connectivity index (χ2v) is 6.11. The number of aromatic nitrogens is 2. The van der Waals surface area contributed by atoms with Gasteiger partial charge in [0.1, 0.15) is 17.5 Å². The number of nitrogens with zero attached hydrogens (tertiary/aromatic N) is 2. The number of aryl methyl sites for hydroxylation is 1. The Labute approximate surface area is 120 Å². The van der Waals surface area contributed by atoms with Gasteiger partial charge >= 0.3 is 0 Å². The van der Waals surface area contributed by atoms with Crippen molar-refractivity contribution in [3.8, 4) is 0 Å². The van der Waals surface area contributed by atoms with Gasteiger partial charge in [-0.25, -0.2) is 9.97 Å². The third-order valence-corrected chi connectivity index (χ3v) is 4.67. The van der Waals surface area contributed by atoms with Gasteiger partial charge in [-0.3, -0.25) is 0 Å². The van der Waals surface area contributed by atoms with E-state index in [1.165, 1.54) is 17.9 Å². The number of hydrogen-bond acceptors (Lipinski definition) is 5. The molecule has 0 bridgehead atoms. The minimum atomic E-state index is 0.784. The molecular weight excluding hydrogens is 256 g/mol. The zero-order valence-corrected chi connectivity index (χ0v) is 12.9. The first kappa shape index (κ1) is 14.4. The SMILES string of the molecule is CCNc1nc(CC)nc(NCC2CCSC2)c1C. The normalized spacial score (nSPS) is 18.6. The molecule has 2 N–H and O–H groups in total. The summed E-state index contributed by atoms with van der Waals surface area (Å²) in [5, 5.41) is 6.85. The van der Waals surface area contributed by atoms with Crippen molar-refractivity contribution >= 4 is 23.4 Å². The zero-order chi connectivity index (χ0) is 13.7. The molecule has 0 radical (unpaired) electrons. The highest BCUT2D eigenvalue weighted by Crippen LogP contribution is 2.25. The smallest absolute Gasteiger partial charge is 0.134 e. The van der Waals surface area contributed by atoms with Gasteiger partial charge in [0, 0.05) is 25.1 Å². The maximum atomic E-state index is 4.63. The molecule has 0 saturated carbocycles. The molecule has 1 aromatic heterocycles. The Balaban J connectivity index is 2.10. The third kappa shape index (κ3) is 3.75. The molecule has 0 spiro atoms. The van der Waals surface area contributed by atoms with E-state index >= 15 is 0 Å². The topological polar surface area (TPSA) is 49.8 Å². The first-order valence-electron chi connectivity index (χ1n) is 7.17. The number of nitrogens with one attached hydrogen (secondary N) is 2. The number of thioether (sulfide) groups is 1. The lowest BCUT2D eigenvalue weighted by Gasteiger charge is -2.16. The predicted molar refractivity (Wildman–Crippen MR) is 84.2 cm³/mol. The molecule has 1 unspecified atom stereocenters. The van der Waals surface area contributed by atoms with E-state index in [1.807, 2.05) is 0 Å². The van der Waals surface area contributed by atoms with Crippen molar-refractivity contribution in [1.82, 2.24) is 9.97 Å². The van der Waals surface area contributed by atoms with Crippen LogP contribution in [0.15, 0.2) is 0 Å². The van der Waals surface area contributed by atoms with Crippen LogP contribution in [-0.2, 0) is 6.42 Å². The highest BCUT2D eigenvalue weighted by Gasteiger charge is 2.16. The molecule has 1 atom stereocenters. The molecule has 1 aliphatic rings. The quantitative estimate of drug-likeness (QED) is 0.839. The van der Waals surface area contributed by atoms with Gasteiger partial charge < -0.3 is 10.6 Å². The Morgan fingerprint density at radius 1 is 1.21 bits per heavy atom. The van der Waals surface area contributed by atoms with Gasteiger partial charge in [0.05, 0.1) is 0 Å². The summed E-state index contributed by atoms with van der Waals surface area (Å²) in [6.45, 7) is 8.19. The van der Waals surface area contributed by atoms with Crippen LogP contribution in [0.25, 0.3) is 0 Å². The van der Waals surface area contributed by atoms with Gasteiger partial charge in [0.25, 0.3) is 0 Å². The maximum absolute atomic E-state index is 4.63. The molecule has 0 aliphatic carbocycles. The number of hydrogen-bond donors (Lipinski definition) is 2. The Bertz CT molecular complexity index is 416. The van der Waals surface area contributed by atoms with Crippen LogP contribution in [0, 0.1) is 12.8 Å². The molecule has 1 saturated heterocycles. The van der Waals surface area contributed by atoms with Crippen molar-refractivity contribution in [2.45, 2.75) is 33.6 Å². The predicted octanol–water partition coefficient (Wildman–Crippen LogP) is 2.94. The minimum absolute atomic E-state index is 0.784. The highest BCUT2D eigenvalue weighted by atomic mass is 32.2. The largest absolute Gasteiger partial charge is 0.370 e.